The van der Waals surface area contributed by atoms with E-state index in [9.17, 15) is 0 Å². The van der Waals surface area contributed by atoms with Crippen molar-refractivity contribution in [1.29, 1.82) is 0 Å². The molecule has 0 spiro atoms. The van der Waals surface area contributed by atoms with Crippen LogP contribution in [0.4, 0.5) is 0 Å². The summed E-state index contributed by atoms with van der Waals surface area (Å²) in [5, 5.41) is 3.53. The maximum Gasteiger partial charge on any atom is 0.161 e. The van der Waals surface area contributed by atoms with Gasteiger partial charge in [0.2, 0.25) is 0 Å². The van der Waals surface area contributed by atoms with Gasteiger partial charge in [0, 0.05) is 12.5 Å². The zero-order valence-corrected chi connectivity index (χ0v) is 15.9. The molecule has 0 fully saturated rings. The molecule has 0 aliphatic rings. The topological polar surface area (TPSA) is 43.6 Å². The minimum Gasteiger partial charge on any atom is -0.493 e. The molecule has 0 bridgehead atoms. The summed E-state index contributed by atoms with van der Waals surface area (Å²) in [5.74, 6) is 3.84. The number of hydrogen-bond acceptors (Lipinski definition) is 4. The molecule has 0 saturated carbocycles. The standard InChI is InChI=1S/C21H31NO3/c1-16(2)7-9-18(19-6-5-13-25-19)11-12-22-15-17-8-10-20(23-3)21(14-17)24-4/h5-6,8,10,13-14,16,18,22H,7,9,11-12,15H2,1-4H3/t18-/m1/s1. The maximum atomic E-state index is 5.64. The lowest BCUT2D eigenvalue weighted by atomic mass is 9.93. The second-order valence-electron chi connectivity index (χ2n) is 6.84. The molecule has 1 heterocycles. The van der Waals surface area contributed by atoms with Gasteiger partial charge >= 0.3 is 0 Å². The Labute approximate surface area is 151 Å². The minimum absolute atomic E-state index is 0.482. The average Bonchev–Trinajstić information content (AvgIpc) is 3.15. The third-order valence-corrected chi connectivity index (χ3v) is 4.48. The Hall–Kier alpha value is -1.94. The third kappa shape index (κ3) is 6.13. The first kappa shape index (κ1) is 19.4. The fraction of sp³-hybridized carbons (Fsp3) is 0.524. The van der Waals surface area contributed by atoms with Crippen LogP contribution < -0.4 is 14.8 Å². The molecule has 0 saturated heterocycles. The van der Waals surface area contributed by atoms with Crippen LogP contribution in [0.25, 0.3) is 0 Å². The van der Waals surface area contributed by atoms with Crippen LogP contribution in [-0.4, -0.2) is 20.8 Å². The van der Waals surface area contributed by atoms with Crippen LogP contribution in [0.3, 0.4) is 0 Å². The zero-order valence-electron chi connectivity index (χ0n) is 15.9. The van der Waals surface area contributed by atoms with Crippen LogP contribution >= 0.6 is 0 Å². The van der Waals surface area contributed by atoms with Crippen LogP contribution in [0, 0.1) is 5.92 Å². The molecule has 1 atom stereocenters. The maximum absolute atomic E-state index is 5.64. The Kier molecular flexibility index (Phi) is 7.86. The number of benzene rings is 1. The molecular weight excluding hydrogens is 314 g/mol. The molecule has 4 nitrogen and oxygen atoms in total. The fourth-order valence-electron chi connectivity index (χ4n) is 2.99. The molecule has 0 aliphatic carbocycles. The van der Waals surface area contributed by atoms with Crippen molar-refractivity contribution in [3.05, 3.63) is 47.9 Å². The van der Waals surface area contributed by atoms with Gasteiger partial charge in [-0.3, -0.25) is 0 Å². The van der Waals surface area contributed by atoms with Crippen molar-refractivity contribution in [2.75, 3.05) is 20.8 Å². The lowest BCUT2D eigenvalue weighted by Crippen LogP contribution is -2.17. The van der Waals surface area contributed by atoms with E-state index < -0.39 is 0 Å². The van der Waals surface area contributed by atoms with E-state index in [1.165, 1.54) is 18.4 Å². The number of hydrogen-bond donors (Lipinski definition) is 1. The van der Waals surface area contributed by atoms with E-state index in [1.54, 1.807) is 20.5 Å². The second-order valence-corrected chi connectivity index (χ2v) is 6.84. The van der Waals surface area contributed by atoms with Crippen LogP contribution in [0.5, 0.6) is 11.5 Å². The van der Waals surface area contributed by atoms with Crippen molar-refractivity contribution >= 4 is 0 Å². The van der Waals surface area contributed by atoms with E-state index in [-0.39, 0.29) is 0 Å². The van der Waals surface area contributed by atoms with Gasteiger partial charge in [-0.2, -0.15) is 0 Å². The monoisotopic (exact) mass is 345 g/mol. The Morgan fingerprint density at radius 3 is 2.44 bits per heavy atom. The van der Waals surface area contributed by atoms with E-state index in [0.717, 1.165) is 42.7 Å². The van der Waals surface area contributed by atoms with E-state index in [1.807, 2.05) is 18.2 Å². The highest BCUT2D eigenvalue weighted by Gasteiger charge is 2.14. The molecule has 138 valence electrons. The molecule has 0 radical (unpaired) electrons. The smallest absolute Gasteiger partial charge is 0.161 e. The predicted octanol–water partition coefficient (Wildman–Crippen LogP) is 5.00. The SMILES string of the molecule is COc1ccc(CNCC[C@@H](CCC(C)C)c2ccco2)cc1OC. The first-order valence-corrected chi connectivity index (χ1v) is 9.09. The molecular formula is C21H31NO3. The molecule has 1 aromatic heterocycles. The summed E-state index contributed by atoms with van der Waals surface area (Å²) in [6, 6.07) is 10.1. The van der Waals surface area contributed by atoms with Crippen LogP contribution in [0.2, 0.25) is 0 Å². The summed E-state index contributed by atoms with van der Waals surface area (Å²) in [5.41, 5.74) is 1.19. The number of methoxy groups -OCH3 is 2. The average molecular weight is 345 g/mol. The summed E-state index contributed by atoms with van der Waals surface area (Å²) >= 11 is 0. The minimum atomic E-state index is 0.482. The third-order valence-electron chi connectivity index (χ3n) is 4.48. The highest BCUT2D eigenvalue weighted by atomic mass is 16.5. The van der Waals surface area contributed by atoms with Crippen molar-refractivity contribution in [1.82, 2.24) is 5.32 Å². The van der Waals surface area contributed by atoms with Gasteiger partial charge in [-0.15, -0.1) is 0 Å². The molecule has 0 aliphatic heterocycles. The molecule has 1 N–H and O–H groups in total. The highest BCUT2D eigenvalue weighted by molar-refractivity contribution is 5.42. The summed E-state index contributed by atoms with van der Waals surface area (Å²) in [6.45, 7) is 6.32. The van der Waals surface area contributed by atoms with Gasteiger partial charge in [-0.1, -0.05) is 26.3 Å². The van der Waals surface area contributed by atoms with Gasteiger partial charge in [0.15, 0.2) is 11.5 Å². The summed E-state index contributed by atoms with van der Waals surface area (Å²) in [6.07, 6.45) is 5.24. The fourth-order valence-corrected chi connectivity index (χ4v) is 2.99. The van der Waals surface area contributed by atoms with Gasteiger partial charge in [-0.05, 0) is 55.1 Å². The van der Waals surface area contributed by atoms with Gasteiger partial charge in [0.25, 0.3) is 0 Å². The predicted molar refractivity (Wildman–Crippen MR) is 101 cm³/mol. The van der Waals surface area contributed by atoms with Crippen LogP contribution in [0.15, 0.2) is 41.0 Å². The van der Waals surface area contributed by atoms with Gasteiger partial charge < -0.3 is 19.2 Å². The Morgan fingerprint density at radius 1 is 1.00 bits per heavy atom. The van der Waals surface area contributed by atoms with Crippen molar-refractivity contribution in [3.8, 4) is 11.5 Å². The molecule has 1 aromatic carbocycles. The molecule has 0 amide bonds. The lowest BCUT2D eigenvalue weighted by Gasteiger charge is -2.16. The van der Waals surface area contributed by atoms with Gasteiger partial charge in [0.1, 0.15) is 5.76 Å². The molecule has 2 aromatic rings. The van der Waals surface area contributed by atoms with Gasteiger partial charge in [-0.25, -0.2) is 0 Å². The lowest BCUT2D eigenvalue weighted by molar-refractivity contribution is 0.354. The molecule has 4 heteroatoms. The van der Waals surface area contributed by atoms with Crippen molar-refractivity contribution < 1.29 is 13.9 Å². The quantitative estimate of drug-likeness (QED) is 0.582. The first-order chi connectivity index (χ1) is 12.1. The molecule has 25 heavy (non-hydrogen) atoms. The van der Waals surface area contributed by atoms with Crippen molar-refractivity contribution in [2.24, 2.45) is 5.92 Å². The second kappa shape index (κ2) is 10.1. The summed E-state index contributed by atoms with van der Waals surface area (Å²) in [4.78, 5) is 0. The van der Waals surface area contributed by atoms with Gasteiger partial charge in [0.05, 0.1) is 20.5 Å². The van der Waals surface area contributed by atoms with Crippen LogP contribution in [-0.2, 0) is 6.54 Å². The Bertz CT molecular complexity index is 608. The van der Waals surface area contributed by atoms with E-state index >= 15 is 0 Å². The van der Waals surface area contributed by atoms with E-state index in [4.69, 9.17) is 13.9 Å². The normalized spacial score (nSPS) is 12.4. The Balaban J connectivity index is 1.83. The number of furan rings is 1. The first-order valence-electron chi connectivity index (χ1n) is 9.09. The summed E-state index contributed by atoms with van der Waals surface area (Å²) in [7, 11) is 3.32. The number of ether oxygens (including phenoxy) is 2. The Morgan fingerprint density at radius 2 is 1.80 bits per heavy atom. The number of nitrogens with one attached hydrogen (secondary N) is 1. The zero-order chi connectivity index (χ0) is 18.1. The molecule has 2 rings (SSSR count). The van der Waals surface area contributed by atoms with Crippen LogP contribution in [0.1, 0.15) is 50.4 Å². The van der Waals surface area contributed by atoms with E-state index in [0.29, 0.717) is 5.92 Å². The van der Waals surface area contributed by atoms with E-state index in [2.05, 4.69) is 31.3 Å². The van der Waals surface area contributed by atoms with Crippen molar-refractivity contribution in [2.45, 2.75) is 45.6 Å². The molecule has 0 unspecified atom stereocenters. The highest BCUT2D eigenvalue weighted by Crippen LogP contribution is 2.28. The summed E-state index contributed by atoms with van der Waals surface area (Å²) < 4.78 is 16.3. The van der Waals surface area contributed by atoms with Crippen molar-refractivity contribution in [3.63, 3.8) is 0 Å². The number of rotatable bonds is 11. The largest absolute Gasteiger partial charge is 0.493 e.